The predicted molar refractivity (Wildman–Crippen MR) is 110 cm³/mol. The highest BCUT2D eigenvalue weighted by molar-refractivity contribution is 5.94. The average molecular weight is 383 g/mol. The molecular formula is C22H29N3O3. The van der Waals surface area contributed by atoms with E-state index in [-0.39, 0.29) is 5.91 Å². The Morgan fingerprint density at radius 2 is 1.61 bits per heavy atom. The highest BCUT2D eigenvalue weighted by Crippen LogP contribution is 2.15. The fourth-order valence-corrected chi connectivity index (χ4v) is 3.37. The molecule has 6 nitrogen and oxygen atoms in total. The van der Waals surface area contributed by atoms with Gasteiger partial charge in [0.05, 0.1) is 14.2 Å². The van der Waals surface area contributed by atoms with Crippen LogP contribution in [0.25, 0.3) is 0 Å². The molecule has 28 heavy (non-hydrogen) atoms. The lowest BCUT2D eigenvalue weighted by atomic mass is 10.2. The number of ether oxygens (including phenoxy) is 2. The van der Waals surface area contributed by atoms with Gasteiger partial charge in [0.25, 0.3) is 5.91 Å². The molecule has 2 aromatic rings. The molecular weight excluding hydrogens is 354 g/mol. The zero-order chi connectivity index (χ0) is 19.8. The Hall–Kier alpha value is -2.57. The van der Waals surface area contributed by atoms with E-state index in [2.05, 4.69) is 27.2 Å². The van der Waals surface area contributed by atoms with E-state index in [1.165, 1.54) is 5.56 Å². The highest BCUT2D eigenvalue weighted by Gasteiger charge is 2.17. The molecule has 0 aliphatic carbocycles. The van der Waals surface area contributed by atoms with Gasteiger partial charge in [0.1, 0.15) is 11.5 Å². The maximum Gasteiger partial charge on any atom is 0.251 e. The Morgan fingerprint density at radius 3 is 2.29 bits per heavy atom. The van der Waals surface area contributed by atoms with Gasteiger partial charge in [0, 0.05) is 51.4 Å². The van der Waals surface area contributed by atoms with Crippen LogP contribution in [0.4, 0.5) is 0 Å². The second-order valence-electron chi connectivity index (χ2n) is 6.95. The van der Waals surface area contributed by atoms with Crippen molar-refractivity contribution in [1.82, 2.24) is 15.1 Å². The molecule has 1 heterocycles. The van der Waals surface area contributed by atoms with Gasteiger partial charge in [-0.1, -0.05) is 12.1 Å². The molecule has 1 N–H and O–H groups in total. The summed E-state index contributed by atoms with van der Waals surface area (Å²) in [6.07, 6.45) is 0. The van der Waals surface area contributed by atoms with Crippen LogP contribution in [0.5, 0.6) is 11.5 Å². The van der Waals surface area contributed by atoms with Gasteiger partial charge in [0.2, 0.25) is 0 Å². The monoisotopic (exact) mass is 383 g/mol. The lowest BCUT2D eigenvalue weighted by Gasteiger charge is -2.34. The average Bonchev–Trinajstić information content (AvgIpc) is 2.75. The Labute approximate surface area is 167 Å². The van der Waals surface area contributed by atoms with Crippen molar-refractivity contribution >= 4 is 5.91 Å². The van der Waals surface area contributed by atoms with Crippen molar-refractivity contribution in [2.75, 3.05) is 53.5 Å². The number of amides is 1. The molecule has 150 valence electrons. The van der Waals surface area contributed by atoms with Gasteiger partial charge in [-0.15, -0.1) is 0 Å². The standard InChI is InChI=1S/C22H29N3O3/c1-27-20-8-6-19(7-9-20)22(26)23-10-11-24-12-14-25(15-13-24)17-18-4-3-5-21(16-18)28-2/h3-9,16H,10-15,17H2,1-2H3,(H,23,26). The molecule has 0 aromatic heterocycles. The molecule has 0 bridgehead atoms. The fraction of sp³-hybridized carbons (Fsp3) is 0.409. The van der Waals surface area contributed by atoms with Crippen LogP contribution in [0.1, 0.15) is 15.9 Å². The van der Waals surface area contributed by atoms with E-state index in [1.807, 2.05) is 12.1 Å². The third kappa shape index (κ3) is 5.71. The van der Waals surface area contributed by atoms with Crippen LogP contribution in [0.3, 0.4) is 0 Å². The molecule has 0 spiro atoms. The minimum Gasteiger partial charge on any atom is -0.497 e. The van der Waals surface area contributed by atoms with Crippen molar-refractivity contribution < 1.29 is 14.3 Å². The fourth-order valence-electron chi connectivity index (χ4n) is 3.37. The van der Waals surface area contributed by atoms with E-state index in [0.29, 0.717) is 12.1 Å². The summed E-state index contributed by atoms with van der Waals surface area (Å²) in [4.78, 5) is 17.1. The molecule has 2 aromatic carbocycles. The summed E-state index contributed by atoms with van der Waals surface area (Å²) in [6, 6.07) is 15.4. The van der Waals surface area contributed by atoms with Crippen LogP contribution in [0.2, 0.25) is 0 Å². The molecule has 1 saturated heterocycles. The first kappa shape index (κ1) is 20.2. The van der Waals surface area contributed by atoms with Crippen LogP contribution < -0.4 is 14.8 Å². The number of piperazine rings is 1. The number of hydrogen-bond donors (Lipinski definition) is 1. The van der Waals surface area contributed by atoms with Gasteiger partial charge >= 0.3 is 0 Å². The lowest BCUT2D eigenvalue weighted by molar-refractivity contribution is 0.0934. The predicted octanol–water partition coefficient (Wildman–Crippen LogP) is 2.25. The second-order valence-corrected chi connectivity index (χ2v) is 6.95. The van der Waals surface area contributed by atoms with Gasteiger partial charge in [0.15, 0.2) is 0 Å². The number of rotatable bonds is 8. The van der Waals surface area contributed by atoms with E-state index in [9.17, 15) is 4.79 Å². The van der Waals surface area contributed by atoms with Gasteiger partial charge in [-0.2, -0.15) is 0 Å². The van der Waals surface area contributed by atoms with Crippen LogP contribution in [0.15, 0.2) is 48.5 Å². The van der Waals surface area contributed by atoms with Crippen molar-refractivity contribution in [3.05, 3.63) is 59.7 Å². The van der Waals surface area contributed by atoms with Crippen LogP contribution in [-0.4, -0.2) is 69.2 Å². The summed E-state index contributed by atoms with van der Waals surface area (Å²) < 4.78 is 10.4. The van der Waals surface area contributed by atoms with Crippen molar-refractivity contribution in [3.8, 4) is 11.5 Å². The van der Waals surface area contributed by atoms with Crippen molar-refractivity contribution in [2.24, 2.45) is 0 Å². The number of methoxy groups -OCH3 is 2. The smallest absolute Gasteiger partial charge is 0.251 e. The second kappa shape index (κ2) is 10.1. The number of carbonyl (C=O) groups is 1. The summed E-state index contributed by atoms with van der Waals surface area (Å²) in [5.41, 5.74) is 1.93. The number of carbonyl (C=O) groups excluding carboxylic acids is 1. The largest absolute Gasteiger partial charge is 0.497 e. The topological polar surface area (TPSA) is 54.0 Å². The van der Waals surface area contributed by atoms with Crippen LogP contribution in [0, 0.1) is 0 Å². The third-order valence-electron chi connectivity index (χ3n) is 5.07. The first-order chi connectivity index (χ1) is 13.7. The molecule has 1 aliphatic rings. The zero-order valence-electron chi connectivity index (χ0n) is 16.7. The van der Waals surface area contributed by atoms with Crippen LogP contribution in [-0.2, 0) is 6.54 Å². The van der Waals surface area contributed by atoms with Gasteiger partial charge < -0.3 is 14.8 Å². The number of benzene rings is 2. The Balaban J connectivity index is 1.36. The van der Waals surface area contributed by atoms with Gasteiger partial charge in [-0.05, 0) is 42.0 Å². The van der Waals surface area contributed by atoms with Gasteiger partial charge in [-0.25, -0.2) is 0 Å². The maximum atomic E-state index is 12.2. The summed E-state index contributed by atoms with van der Waals surface area (Å²) >= 11 is 0. The molecule has 1 aliphatic heterocycles. The minimum absolute atomic E-state index is 0.0423. The van der Waals surface area contributed by atoms with E-state index in [4.69, 9.17) is 9.47 Å². The van der Waals surface area contributed by atoms with E-state index >= 15 is 0 Å². The van der Waals surface area contributed by atoms with E-state index in [1.54, 1.807) is 38.5 Å². The summed E-state index contributed by atoms with van der Waals surface area (Å²) in [5, 5.41) is 3.00. The number of hydrogen-bond acceptors (Lipinski definition) is 5. The molecule has 0 radical (unpaired) electrons. The number of nitrogens with one attached hydrogen (secondary N) is 1. The maximum absolute atomic E-state index is 12.2. The molecule has 1 amide bonds. The van der Waals surface area contributed by atoms with Crippen molar-refractivity contribution in [2.45, 2.75) is 6.54 Å². The van der Waals surface area contributed by atoms with Crippen LogP contribution >= 0.6 is 0 Å². The summed E-state index contributed by atoms with van der Waals surface area (Å²) in [5.74, 6) is 1.62. The lowest BCUT2D eigenvalue weighted by Crippen LogP contribution is -2.48. The first-order valence-electron chi connectivity index (χ1n) is 9.68. The summed E-state index contributed by atoms with van der Waals surface area (Å²) in [6.45, 7) is 6.56. The van der Waals surface area contributed by atoms with Crippen molar-refractivity contribution in [3.63, 3.8) is 0 Å². The Bertz CT molecular complexity index is 756. The highest BCUT2D eigenvalue weighted by atomic mass is 16.5. The molecule has 6 heteroatoms. The minimum atomic E-state index is -0.0423. The molecule has 3 rings (SSSR count). The Kier molecular flexibility index (Phi) is 7.28. The SMILES string of the molecule is COc1ccc(C(=O)NCCN2CCN(Cc3cccc(OC)c3)CC2)cc1. The molecule has 0 saturated carbocycles. The van der Waals surface area contributed by atoms with E-state index in [0.717, 1.165) is 50.8 Å². The quantitative estimate of drug-likeness (QED) is 0.758. The summed E-state index contributed by atoms with van der Waals surface area (Å²) in [7, 11) is 3.32. The van der Waals surface area contributed by atoms with E-state index < -0.39 is 0 Å². The normalized spacial score (nSPS) is 15.2. The van der Waals surface area contributed by atoms with Crippen molar-refractivity contribution in [1.29, 1.82) is 0 Å². The number of nitrogens with zero attached hydrogens (tertiary/aromatic N) is 2. The molecule has 0 unspecified atom stereocenters. The van der Waals surface area contributed by atoms with Gasteiger partial charge in [-0.3, -0.25) is 14.6 Å². The molecule has 0 atom stereocenters. The zero-order valence-corrected chi connectivity index (χ0v) is 16.7. The molecule has 1 fully saturated rings. The first-order valence-corrected chi connectivity index (χ1v) is 9.68. The third-order valence-corrected chi connectivity index (χ3v) is 5.07. The Morgan fingerprint density at radius 1 is 0.929 bits per heavy atom.